The van der Waals surface area contributed by atoms with E-state index in [1.165, 1.54) is 18.2 Å². The molecule has 1 amide bonds. The van der Waals surface area contributed by atoms with E-state index in [4.69, 9.17) is 16.7 Å². The zero-order valence-corrected chi connectivity index (χ0v) is 9.40. The number of carboxylic acids is 1. The summed E-state index contributed by atoms with van der Waals surface area (Å²) < 4.78 is 4.64. The van der Waals surface area contributed by atoms with Crippen LogP contribution in [0.1, 0.15) is 10.4 Å². The Morgan fingerprint density at radius 1 is 1.59 bits per heavy atom. The summed E-state index contributed by atoms with van der Waals surface area (Å²) in [6.45, 7) is 3.41. The molecular weight excluding hydrogens is 248 g/mol. The summed E-state index contributed by atoms with van der Waals surface area (Å²) in [4.78, 5) is 25.6. The van der Waals surface area contributed by atoms with Crippen LogP contribution in [0.15, 0.2) is 24.8 Å². The lowest BCUT2D eigenvalue weighted by molar-refractivity contribution is 0.0696. The van der Waals surface area contributed by atoms with Gasteiger partial charge in [0.15, 0.2) is 0 Å². The fourth-order valence-electron chi connectivity index (χ4n) is 0.960. The SMILES string of the molecule is C=CCOC(=O)Nc1cc(C(=O)O)cc(Cl)n1. The number of anilines is 1. The number of ether oxygens (including phenoxy) is 1. The van der Waals surface area contributed by atoms with Crippen LogP contribution in [0.2, 0.25) is 5.15 Å². The van der Waals surface area contributed by atoms with Crippen LogP contribution < -0.4 is 5.32 Å². The molecule has 0 aliphatic rings. The molecule has 0 fully saturated rings. The third-order valence-corrected chi connectivity index (χ3v) is 1.80. The monoisotopic (exact) mass is 256 g/mol. The topological polar surface area (TPSA) is 88.5 Å². The molecule has 2 N–H and O–H groups in total. The molecule has 6 nitrogen and oxygen atoms in total. The van der Waals surface area contributed by atoms with E-state index in [0.29, 0.717) is 0 Å². The molecule has 0 aliphatic heterocycles. The fraction of sp³-hybridized carbons (Fsp3) is 0.100. The van der Waals surface area contributed by atoms with Crippen molar-refractivity contribution in [3.8, 4) is 0 Å². The molecule has 90 valence electrons. The first-order chi connectivity index (χ1) is 8.02. The molecule has 1 heterocycles. The number of nitrogens with zero attached hydrogens (tertiary/aromatic N) is 1. The molecule has 0 unspecified atom stereocenters. The third-order valence-electron chi connectivity index (χ3n) is 1.60. The Balaban J connectivity index is 2.80. The molecule has 0 radical (unpaired) electrons. The van der Waals surface area contributed by atoms with Gasteiger partial charge in [-0.2, -0.15) is 0 Å². The van der Waals surface area contributed by atoms with Gasteiger partial charge in [-0.1, -0.05) is 24.3 Å². The second-order valence-electron chi connectivity index (χ2n) is 2.88. The van der Waals surface area contributed by atoms with Crippen molar-refractivity contribution in [1.29, 1.82) is 0 Å². The number of halogens is 1. The van der Waals surface area contributed by atoms with Gasteiger partial charge in [0.25, 0.3) is 0 Å². The Labute approximate surface area is 102 Å². The Morgan fingerprint density at radius 3 is 2.88 bits per heavy atom. The van der Waals surface area contributed by atoms with Gasteiger partial charge in [0.1, 0.15) is 17.6 Å². The molecule has 1 rings (SSSR count). The van der Waals surface area contributed by atoms with Crippen molar-refractivity contribution in [3.63, 3.8) is 0 Å². The second-order valence-corrected chi connectivity index (χ2v) is 3.27. The minimum Gasteiger partial charge on any atom is -0.478 e. The minimum atomic E-state index is -1.17. The van der Waals surface area contributed by atoms with E-state index in [1.54, 1.807) is 0 Å². The van der Waals surface area contributed by atoms with Crippen LogP contribution in [0.4, 0.5) is 10.6 Å². The predicted octanol–water partition coefficient (Wildman–Crippen LogP) is 2.17. The molecule has 1 aromatic heterocycles. The molecule has 0 atom stereocenters. The van der Waals surface area contributed by atoms with Crippen molar-refractivity contribution in [3.05, 3.63) is 35.5 Å². The Morgan fingerprint density at radius 2 is 2.29 bits per heavy atom. The van der Waals surface area contributed by atoms with Crippen LogP contribution >= 0.6 is 11.6 Å². The summed E-state index contributed by atoms with van der Waals surface area (Å²) >= 11 is 5.60. The number of aromatic nitrogens is 1. The highest BCUT2D eigenvalue weighted by Crippen LogP contribution is 2.14. The van der Waals surface area contributed by atoms with Gasteiger partial charge in [-0.05, 0) is 12.1 Å². The van der Waals surface area contributed by atoms with Gasteiger partial charge in [0.05, 0.1) is 5.56 Å². The summed E-state index contributed by atoms with van der Waals surface area (Å²) in [5, 5.41) is 11.0. The van der Waals surface area contributed by atoms with Crippen LogP contribution in [-0.4, -0.2) is 28.8 Å². The molecule has 1 aromatic rings. The molecule has 17 heavy (non-hydrogen) atoms. The largest absolute Gasteiger partial charge is 0.478 e. The minimum absolute atomic E-state index is 0.00367. The number of hydrogen-bond acceptors (Lipinski definition) is 4. The van der Waals surface area contributed by atoms with E-state index >= 15 is 0 Å². The van der Waals surface area contributed by atoms with E-state index < -0.39 is 12.1 Å². The molecule has 0 bridgehead atoms. The van der Waals surface area contributed by atoms with Crippen molar-refractivity contribution in [2.45, 2.75) is 0 Å². The number of carbonyl (C=O) groups is 2. The van der Waals surface area contributed by atoms with Gasteiger partial charge in [-0.15, -0.1) is 0 Å². The van der Waals surface area contributed by atoms with Gasteiger partial charge >= 0.3 is 12.1 Å². The Bertz CT molecular complexity index is 462. The Hall–Kier alpha value is -2.08. The van der Waals surface area contributed by atoms with Gasteiger partial charge in [-0.25, -0.2) is 14.6 Å². The summed E-state index contributed by atoms with van der Waals surface area (Å²) in [5.74, 6) is -1.17. The first-order valence-electron chi connectivity index (χ1n) is 4.48. The van der Waals surface area contributed by atoms with E-state index in [2.05, 4.69) is 21.6 Å². The van der Waals surface area contributed by atoms with Gasteiger partial charge in [0.2, 0.25) is 0 Å². The number of aromatic carboxylic acids is 1. The summed E-state index contributed by atoms with van der Waals surface area (Å²) in [7, 11) is 0. The fourth-order valence-corrected chi connectivity index (χ4v) is 1.17. The summed E-state index contributed by atoms with van der Waals surface area (Å²) in [6.07, 6.45) is 0.629. The smallest absolute Gasteiger partial charge is 0.413 e. The molecule has 0 spiro atoms. The first kappa shape index (κ1) is 13.0. The maximum absolute atomic E-state index is 11.2. The van der Waals surface area contributed by atoms with Gasteiger partial charge < -0.3 is 9.84 Å². The third kappa shape index (κ3) is 4.12. The predicted molar refractivity (Wildman–Crippen MR) is 61.4 cm³/mol. The number of rotatable bonds is 4. The van der Waals surface area contributed by atoms with Crippen LogP contribution in [0.25, 0.3) is 0 Å². The Kier molecular flexibility index (Phi) is 4.47. The normalized spacial score (nSPS) is 9.47. The summed E-state index contributed by atoms with van der Waals surface area (Å²) in [6, 6.07) is 2.34. The second kappa shape index (κ2) is 5.86. The highest BCUT2D eigenvalue weighted by molar-refractivity contribution is 6.29. The average molecular weight is 257 g/mol. The van der Waals surface area contributed by atoms with E-state index in [-0.39, 0.29) is 23.1 Å². The van der Waals surface area contributed by atoms with Crippen LogP contribution in [0.5, 0.6) is 0 Å². The highest BCUT2D eigenvalue weighted by atomic mass is 35.5. The van der Waals surface area contributed by atoms with Crippen molar-refractivity contribution in [1.82, 2.24) is 4.98 Å². The van der Waals surface area contributed by atoms with Crippen LogP contribution in [-0.2, 0) is 4.74 Å². The van der Waals surface area contributed by atoms with E-state index in [1.807, 2.05) is 0 Å². The average Bonchev–Trinajstić information content (AvgIpc) is 2.25. The van der Waals surface area contributed by atoms with Crippen LogP contribution in [0, 0.1) is 0 Å². The number of carbonyl (C=O) groups excluding carboxylic acids is 1. The van der Waals surface area contributed by atoms with E-state index in [9.17, 15) is 9.59 Å². The van der Waals surface area contributed by atoms with Gasteiger partial charge in [-0.3, -0.25) is 5.32 Å². The maximum Gasteiger partial charge on any atom is 0.413 e. The van der Waals surface area contributed by atoms with Crippen LogP contribution in [0.3, 0.4) is 0 Å². The van der Waals surface area contributed by atoms with Gasteiger partial charge in [0, 0.05) is 0 Å². The number of amides is 1. The molecule has 0 saturated heterocycles. The van der Waals surface area contributed by atoms with Crippen molar-refractivity contribution in [2.75, 3.05) is 11.9 Å². The van der Waals surface area contributed by atoms with Crippen molar-refractivity contribution < 1.29 is 19.4 Å². The quantitative estimate of drug-likeness (QED) is 0.637. The standard InChI is InChI=1S/C10H9ClN2O4/c1-2-3-17-10(16)13-8-5-6(9(14)15)4-7(11)12-8/h2,4-5H,1,3H2,(H,14,15)(H,12,13,16). The number of carboxylic acid groups (broad SMARTS) is 1. The van der Waals surface area contributed by atoms with E-state index in [0.717, 1.165) is 0 Å². The zero-order chi connectivity index (χ0) is 12.8. The number of nitrogens with one attached hydrogen (secondary N) is 1. The first-order valence-corrected chi connectivity index (χ1v) is 4.86. The highest BCUT2D eigenvalue weighted by Gasteiger charge is 2.10. The molecule has 7 heteroatoms. The summed E-state index contributed by atoms with van der Waals surface area (Å²) in [5.41, 5.74) is -0.0796. The zero-order valence-electron chi connectivity index (χ0n) is 8.64. The lowest BCUT2D eigenvalue weighted by Crippen LogP contribution is -2.15. The lowest BCUT2D eigenvalue weighted by Gasteiger charge is -2.05. The molecule has 0 aromatic carbocycles. The number of pyridine rings is 1. The molecule has 0 aliphatic carbocycles. The van der Waals surface area contributed by atoms with Crippen molar-refractivity contribution in [2.24, 2.45) is 0 Å². The molecule has 0 saturated carbocycles. The molecular formula is C10H9ClN2O4. The lowest BCUT2D eigenvalue weighted by atomic mass is 10.2. The number of hydrogen-bond donors (Lipinski definition) is 2. The maximum atomic E-state index is 11.2. The van der Waals surface area contributed by atoms with Crippen molar-refractivity contribution >= 4 is 29.5 Å².